The van der Waals surface area contributed by atoms with Gasteiger partial charge in [0.15, 0.2) is 6.10 Å². The van der Waals surface area contributed by atoms with Crippen molar-refractivity contribution in [3.05, 3.63) is 18.0 Å². The first kappa shape index (κ1) is 20.3. The minimum absolute atomic E-state index is 0.0530. The Morgan fingerprint density at radius 3 is 2.66 bits per heavy atom. The number of fused-ring (bicyclic) bond motifs is 1. The Morgan fingerprint density at radius 1 is 1.14 bits per heavy atom. The fourth-order valence-electron chi connectivity index (χ4n) is 4.29. The molecule has 3 heterocycles. The summed E-state index contributed by atoms with van der Waals surface area (Å²) in [4.78, 5) is 21.2. The summed E-state index contributed by atoms with van der Waals surface area (Å²) in [6.45, 7) is 7.16. The first-order valence-electron chi connectivity index (χ1n) is 10.7. The zero-order chi connectivity index (χ0) is 20.4. The van der Waals surface area contributed by atoms with Crippen LogP contribution in [0, 0.1) is 0 Å². The average molecular weight is 405 g/mol. The smallest absolute Gasteiger partial charge is 0.407 e. The lowest BCUT2D eigenvalue weighted by molar-refractivity contribution is 0.00314. The Balaban J connectivity index is 1.31. The summed E-state index contributed by atoms with van der Waals surface area (Å²) in [5.41, 5.74) is 0.918. The fourth-order valence-corrected chi connectivity index (χ4v) is 4.29. The van der Waals surface area contributed by atoms with Crippen LogP contribution in [0.4, 0.5) is 10.7 Å². The molecule has 2 N–H and O–H groups in total. The highest BCUT2D eigenvalue weighted by atomic mass is 16.6. The van der Waals surface area contributed by atoms with E-state index >= 15 is 0 Å². The van der Waals surface area contributed by atoms with Gasteiger partial charge >= 0.3 is 6.09 Å². The number of alkyl carbamates (subject to hydrolysis) is 1. The maximum atomic E-state index is 12.3. The van der Waals surface area contributed by atoms with Gasteiger partial charge in [-0.15, -0.1) is 0 Å². The standard InChI is InChI=1S/C21H32N4O4/c1-21(2,3)16-9-10-22-19(25-16)24-14-11-27-18-15(12-28-17(14)18)29-20(26)23-13-7-5-4-6-8-13/h9-10,13-15,17-18H,4-8,11-12H2,1-3H3,(H,23,26)(H,22,24,25)/t14-,15+,17+,18+/m0/s1. The van der Waals surface area contributed by atoms with E-state index in [1.165, 1.54) is 6.42 Å². The first-order chi connectivity index (χ1) is 13.9. The third-order valence-corrected chi connectivity index (χ3v) is 5.93. The van der Waals surface area contributed by atoms with Gasteiger partial charge in [0, 0.05) is 17.7 Å². The Labute approximate surface area is 172 Å². The van der Waals surface area contributed by atoms with Crippen LogP contribution in [-0.4, -0.2) is 59.7 Å². The summed E-state index contributed by atoms with van der Waals surface area (Å²) in [6, 6.07) is 2.07. The van der Waals surface area contributed by atoms with Crippen LogP contribution in [0.2, 0.25) is 0 Å². The van der Waals surface area contributed by atoms with Gasteiger partial charge in [-0.25, -0.2) is 14.8 Å². The van der Waals surface area contributed by atoms with E-state index in [0.717, 1.165) is 31.4 Å². The number of aromatic nitrogens is 2. The lowest BCUT2D eigenvalue weighted by Crippen LogP contribution is -2.42. The van der Waals surface area contributed by atoms with Gasteiger partial charge in [-0.05, 0) is 18.9 Å². The van der Waals surface area contributed by atoms with E-state index in [-0.39, 0.29) is 35.8 Å². The second kappa shape index (κ2) is 8.44. The molecule has 8 heteroatoms. The summed E-state index contributed by atoms with van der Waals surface area (Å²) >= 11 is 0. The van der Waals surface area contributed by atoms with Crippen molar-refractivity contribution in [1.29, 1.82) is 0 Å². The number of carbonyl (C=O) groups is 1. The SMILES string of the molecule is CC(C)(C)c1ccnc(N[C@H]2CO[C@H]3[C@@H]2OC[C@H]3OC(=O)NC2CCCCC2)n1. The van der Waals surface area contributed by atoms with Gasteiger partial charge in [-0.2, -0.15) is 0 Å². The number of amides is 1. The Bertz CT molecular complexity index is 717. The molecule has 4 rings (SSSR count). The third kappa shape index (κ3) is 4.80. The van der Waals surface area contributed by atoms with Crippen LogP contribution >= 0.6 is 0 Å². The van der Waals surface area contributed by atoms with E-state index in [0.29, 0.717) is 19.2 Å². The van der Waals surface area contributed by atoms with Crippen molar-refractivity contribution < 1.29 is 19.0 Å². The molecule has 2 aliphatic heterocycles. The quantitative estimate of drug-likeness (QED) is 0.797. The molecule has 29 heavy (non-hydrogen) atoms. The van der Waals surface area contributed by atoms with Crippen LogP contribution in [0.1, 0.15) is 58.6 Å². The molecule has 0 aromatic carbocycles. The Kier molecular flexibility index (Phi) is 5.92. The Hall–Kier alpha value is -1.93. The van der Waals surface area contributed by atoms with E-state index in [9.17, 15) is 4.79 Å². The molecular weight excluding hydrogens is 372 g/mol. The molecule has 1 aromatic rings. The van der Waals surface area contributed by atoms with Crippen molar-refractivity contribution in [3.8, 4) is 0 Å². The number of hydrogen-bond donors (Lipinski definition) is 2. The molecule has 8 nitrogen and oxygen atoms in total. The van der Waals surface area contributed by atoms with Crippen LogP contribution in [-0.2, 0) is 19.6 Å². The van der Waals surface area contributed by atoms with Crippen LogP contribution < -0.4 is 10.6 Å². The number of carbonyl (C=O) groups excluding carboxylic acids is 1. The minimum atomic E-state index is -0.391. The highest BCUT2D eigenvalue weighted by Crippen LogP contribution is 2.31. The summed E-state index contributed by atoms with van der Waals surface area (Å²) in [7, 11) is 0. The number of ether oxygens (including phenoxy) is 3. The van der Waals surface area contributed by atoms with Crippen molar-refractivity contribution >= 4 is 12.0 Å². The predicted octanol–water partition coefficient (Wildman–Crippen LogP) is 2.78. The first-order valence-corrected chi connectivity index (χ1v) is 10.7. The molecule has 1 saturated carbocycles. The fraction of sp³-hybridized carbons (Fsp3) is 0.762. The zero-order valence-corrected chi connectivity index (χ0v) is 17.5. The van der Waals surface area contributed by atoms with Crippen LogP contribution in [0.15, 0.2) is 12.3 Å². The van der Waals surface area contributed by atoms with Crippen molar-refractivity contribution in [3.63, 3.8) is 0 Å². The summed E-state index contributed by atoms with van der Waals surface area (Å²) in [5, 5.41) is 6.33. The molecule has 0 radical (unpaired) electrons. The number of hydrogen-bond acceptors (Lipinski definition) is 7. The summed E-state index contributed by atoms with van der Waals surface area (Å²) in [5.74, 6) is 0.565. The maximum absolute atomic E-state index is 12.3. The molecule has 1 aliphatic carbocycles. The largest absolute Gasteiger partial charge is 0.441 e. The van der Waals surface area contributed by atoms with Gasteiger partial charge in [-0.1, -0.05) is 40.0 Å². The highest BCUT2D eigenvalue weighted by molar-refractivity contribution is 5.68. The van der Waals surface area contributed by atoms with Gasteiger partial charge < -0.3 is 24.8 Å². The average Bonchev–Trinajstić information content (AvgIpc) is 3.26. The highest BCUT2D eigenvalue weighted by Gasteiger charge is 2.49. The molecule has 1 amide bonds. The summed E-state index contributed by atoms with van der Waals surface area (Å²) < 4.78 is 17.5. The molecule has 0 bridgehead atoms. The number of anilines is 1. The number of nitrogens with zero attached hydrogens (tertiary/aromatic N) is 2. The van der Waals surface area contributed by atoms with Gasteiger partial charge in [0.2, 0.25) is 5.95 Å². The predicted molar refractivity (Wildman–Crippen MR) is 108 cm³/mol. The molecule has 1 aromatic heterocycles. The summed E-state index contributed by atoms with van der Waals surface area (Å²) in [6.07, 6.45) is 6.17. The molecule has 160 valence electrons. The lowest BCUT2D eigenvalue weighted by atomic mass is 9.92. The molecule has 3 fully saturated rings. The van der Waals surface area contributed by atoms with Crippen LogP contribution in [0.25, 0.3) is 0 Å². The van der Waals surface area contributed by atoms with Crippen molar-refractivity contribution in [1.82, 2.24) is 15.3 Å². The minimum Gasteiger partial charge on any atom is -0.441 e. The maximum Gasteiger partial charge on any atom is 0.407 e. The van der Waals surface area contributed by atoms with Crippen LogP contribution in [0.5, 0.6) is 0 Å². The van der Waals surface area contributed by atoms with Gasteiger partial charge in [0.05, 0.1) is 24.9 Å². The third-order valence-electron chi connectivity index (χ3n) is 5.93. The molecule has 0 unspecified atom stereocenters. The molecule has 2 saturated heterocycles. The van der Waals surface area contributed by atoms with E-state index in [2.05, 4.69) is 41.4 Å². The molecule has 4 atom stereocenters. The topological polar surface area (TPSA) is 94.6 Å². The monoisotopic (exact) mass is 404 g/mol. The number of nitrogens with one attached hydrogen (secondary N) is 2. The van der Waals surface area contributed by atoms with Crippen molar-refractivity contribution in [2.24, 2.45) is 0 Å². The van der Waals surface area contributed by atoms with Crippen LogP contribution in [0.3, 0.4) is 0 Å². The van der Waals surface area contributed by atoms with E-state index < -0.39 is 6.10 Å². The second-order valence-corrected chi connectivity index (χ2v) is 9.29. The molecular formula is C21H32N4O4. The van der Waals surface area contributed by atoms with Crippen molar-refractivity contribution in [2.75, 3.05) is 18.5 Å². The zero-order valence-electron chi connectivity index (χ0n) is 17.5. The van der Waals surface area contributed by atoms with E-state index in [1.54, 1.807) is 6.20 Å². The van der Waals surface area contributed by atoms with E-state index in [4.69, 9.17) is 14.2 Å². The van der Waals surface area contributed by atoms with Gasteiger partial charge in [-0.3, -0.25) is 0 Å². The lowest BCUT2D eigenvalue weighted by Gasteiger charge is -2.24. The van der Waals surface area contributed by atoms with Crippen molar-refractivity contribution in [2.45, 2.75) is 88.7 Å². The Morgan fingerprint density at radius 2 is 1.90 bits per heavy atom. The molecule has 0 spiro atoms. The molecule has 3 aliphatic rings. The normalized spacial score (nSPS) is 30.0. The number of rotatable bonds is 4. The van der Waals surface area contributed by atoms with Gasteiger partial charge in [0.1, 0.15) is 12.2 Å². The second-order valence-electron chi connectivity index (χ2n) is 9.29. The van der Waals surface area contributed by atoms with Gasteiger partial charge in [0.25, 0.3) is 0 Å². The van der Waals surface area contributed by atoms with E-state index in [1.807, 2.05) is 6.07 Å².